The van der Waals surface area contributed by atoms with Crippen LogP contribution in [0.5, 0.6) is 5.75 Å². The summed E-state index contributed by atoms with van der Waals surface area (Å²) >= 11 is 3.29. The van der Waals surface area contributed by atoms with Crippen LogP contribution in [-0.2, 0) is 22.3 Å². The van der Waals surface area contributed by atoms with Gasteiger partial charge in [-0.25, -0.2) is 0 Å². The van der Waals surface area contributed by atoms with Gasteiger partial charge in [0.15, 0.2) is 5.69 Å². The zero-order valence-corrected chi connectivity index (χ0v) is 13.3. The highest BCUT2D eigenvalue weighted by Gasteiger charge is 2.33. The Balaban J connectivity index is 1.72. The van der Waals surface area contributed by atoms with Crippen LogP contribution in [-0.4, -0.2) is 29.0 Å². The number of esters is 1. The average Bonchev–Trinajstić information content (AvgIpc) is 2.92. The van der Waals surface area contributed by atoms with Gasteiger partial charge in [-0.05, 0) is 24.3 Å². The number of halogens is 4. The van der Waals surface area contributed by atoms with E-state index in [4.69, 9.17) is 9.47 Å². The molecule has 1 aromatic carbocycles. The maximum atomic E-state index is 12.4. The van der Waals surface area contributed by atoms with Crippen LogP contribution in [0.3, 0.4) is 0 Å². The molecule has 23 heavy (non-hydrogen) atoms. The summed E-state index contributed by atoms with van der Waals surface area (Å²) in [7, 11) is 0. The summed E-state index contributed by atoms with van der Waals surface area (Å²) in [6.07, 6.45) is -3.46. The van der Waals surface area contributed by atoms with Gasteiger partial charge < -0.3 is 9.47 Å². The van der Waals surface area contributed by atoms with Gasteiger partial charge >= 0.3 is 12.1 Å². The lowest BCUT2D eigenvalue weighted by atomic mass is 10.3. The van der Waals surface area contributed by atoms with Crippen LogP contribution in [0.4, 0.5) is 13.2 Å². The zero-order chi connectivity index (χ0) is 16.9. The molecule has 2 rings (SSSR count). The molecule has 1 aromatic heterocycles. The van der Waals surface area contributed by atoms with Crippen LogP contribution >= 0.6 is 15.9 Å². The van der Waals surface area contributed by atoms with Crippen molar-refractivity contribution >= 4 is 21.9 Å². The SMILES string of the molecule is O=C(Cn1ccc(C(F)(F)F)n1)OCCOc1cccc(Br)c1. The number of ether oxygens (including phenoxy) is 2. The van der Waals surface area contributed by atoms with E-state index in [-0.39, 0.29) is 13.2 Å². The maximum Gasteiger partial charge on any atom is 0.435 e. The monoisotopic (exact) mass is 392 g/mol. The minimum absolute atomic E-state index is 0.0151. The van der Waals surface area contributed by atoms with Gasteiger partial charge in [0.2, 0.25) is 0 Å². The molecule has 1 heterocycles. The highest BCUT2D eigenvalue weighted by Crippen LogP contribution is 2.27. The molecule has 0 atom stereocenters. The molecule has 0 bridgehead atoms. The van der Waals surface area contributed by atoms with Gasteiger partial charge in [-0.15, -0.1) is 0 Å². The van der Waals surface area contributed by atoms with E-state index < -0.39 is 24.4 Å². The third-order valence-corrected chi connectivity index (χ3v) is 3.13. The van der Waals surface area contributed by atoms with Crippen molar-refractivity contribution in [1.29, 1.82) is 0 Å². The van der Waals surface area contributed by atoms with E-state index >= 15 is 0 Å². The van der Waals surface area contributed by atoms with Crippen LogP contribution in [0.2, 0.25) is 0 Å². The van der Waals surface area contributed by atoms with E-state index in [1.165, 1.54) is 0 Å². The summed E-state index contributed by atoms with van der Waals surface area (Å²) in [5.74, 6) is -0.0861. The van der Waals surface area contributed by atoms with Crippen molar-refractivity contribution in [3.05, 3.63) is 46.7 Å². The molecule has 0 fully saturated rings. The van der Waals surface area contributed by atoms with Crippen LogP contribution in [0.1, 0.15) is 5.69 Å². The Morgan fingerprint density at radius 3 is 2.70 bits per heavy atom. The van der Waals surface area contributed by atoms with Gasteiger partial charge in [-0.1, -0.05) is 22.0 Å². The van der Waals surface area contributed by atoms with Crippen LogP contribution in [0.25, 0.3) is 0 Å². The number of carbonyl (C=O) groups excluding carboxylic acids is 1. The molecule has 0 saturated heterocycles. The third-order valence-electron chi connectivity index (χ3n) is 2.63. The molecular formula is C14H12BrF3N2O3. The van der Waals surface area contributed by atoms with Gasteiger partial charge in [0.25, 0.3) is 0 Å². The van der Waals surface area contributed by atoms with Crippen molar-refractivity contribution < 1.29 is 27.4 Å². The lowest BCUT2D eigenvalue weighted by Crippen LogP contribution is -2.18. The summed E-state index contributed by atoms with van der Waals surface area (Å²) in [4.78, 5) is 11.5. The number of rotatable bonds is 6. The van der Waals surface area contributed by atoms with E-state index in [0.29, 0.717) is 5.75 Å². The smallest absolute Gasteiger partial charge is 0.435 e. The topological polar surface area (TPSA) is 53.4 Å². The zero-order valence-electron chi connectivity index (χ0n) is 11.7. The van der Waals surface area contributed by atoms with E-state index in [9.17, 15) is 18.0 Å². The summed E-state index contributed by atoms with van der Waals surface area (Å²) in [5.41, 5.74) is -1.05. The highest BCUT2D eigenvalue weighted by molar-refractivity contribution is 9.10. The fourth-order valence-electron chi connectivity index (χ4n) is 1.65. The van der Waals surface area contributed by atoms with Crippen molar-refractivity contribution in [3.63, 3.8) is 0 Å². The van der Waals surface area contributed by atoms with Crippen molar-refractivity contribution in [2.45, 2.75) is 12.7 Å². The highest BCUT2D eigenvalue weighted by atomic mass is 79.9. The van der Waals surface area contributed by atoms with E-state index in [1.807, 2.05) is 6.07 Å². The summed E-state index contributed by atoms with van der Waals surface area (Å²) < 4.78 is 49.1. The first-order chi connectivity index (χ1) is 10.8. The van der Waals surface area contributed by atoms with Crippen LogP contribution in [0.15, 0.2) is 41.0 Å². The standard InChI is InChI=1S/C14H12BrF3N2O3/c15-10-2-1-3-11(8-10)22-6-7-23-13(21)9-20-5-4-12(19-20)14(16,17)18/h1-5,8H,6-7,9H2. The second-order valence-corrected chi connectivity index (χ2v) is 5.34. The minimum atomic E-state index is -4.53. The molecule has 0 spiro atoms. The molecule has 0 unspecified atom stereocenters. The Hall–Kier alpha value is -2.03. The molecule has 5 nitrogen and oxygen atoms in total. The van der Waals surface area contributed by atoms with Crippen molar-refractivity contribution in [3.8, 4) is 5.75 Å². The summed E-state index contributed by atoms with van der Waals surface area (Å²) in [6.45, 7) is -0.277. The normalized spacial score (nSPS) is 11.3. The molecule has 0 amide bonds. The fourth-order valence-corrected chi connectivity index (χ4v) is 2.03. The van der Waals surface area contributed by atoms with Crippen molar-refractivity contribution in [2.24, 2.45) is 0 Å². The molecule has 0 radical (unpaired) electrons. The predicted molar refractivity (Wildman–Crippen MR) is 77.8 cm³/mol. The number of alkyl halides is 3. The lowest BCUT2D eigenvalue weighted by molar-refractivity contribution is -0.146. The van der Waals surface area contributed by atoms with Gasteiger partial charge in [-0.3, -0.25) is 9.48 Å². The quantitative estimate of drug-likeness (QED) is 0.559. The lowest BCUT2D eigenvalue weighted by Gasteiger charge is -2.08. The third kappa shape index (κ3) is 5.59. The fraction of sp³-hybridized carbons (Fsp3) is 0.286. The van der Waals surface area contributed by atoms with Gasteiger partial charge in [0.05, 0.1) is 0 Å². The molecule has 0 aliphatic rings. The Morgan fingerprint density at radius 1 is 1.26 bits per heavy atom. The number of hydrogen-bond donors (Lipinski definition) is 0. The molecular weight excluding hydrogens is 381 g/mol. The van der Waals surface area contributed by atoms with Gasteiger partial charge in [-0.2, -0.15) is 18.3 Å². The van der Waals surface area contributed by atoms with Gasteiger partial charge in [0.1, 0.15) is 25.5 Å². The first kappa shape index (κ1) is 17.3. The second kappa shape index (κ2) is 7.49. The first-order valence-corrected chi connectivity index (χ1v) is 7.28. The van der Waals surface area contributed by atoms with E-state index in [0.717, 1.165) is 21.4 Å². The molecule has 0 saturated carbocycles. The largest absolute Gasteiger partial charge is 0.490 e. The van der Waals surface area contributed by atoms with E-state index in [2.05, 4.69) is 21.0 Å². The van der Waals surface area contributed by atoms with E-state index in [1.54, 1.807) is 18.2 Å². The number of hydrogen-bond acceptors (Lipinski definition) is 4. The average molecular weight is 393 g/mol. The number of benzene rings is 1. The number of aromatic nitrogens is 2. The second-order valence-electron chi connectivity index (χ2n) is 4.42. The van der Waals surface area contributed by atoms with Crippen LogP contribution < -0.4 is 4.74 Å². The molecule has 124 valence electrons. The van der Waals surface area contributed by atoms with Crippen LogP contribution in [0, 0.1) is 0 Å². The maximum absolute atomic E-state index is 12.4. The Morgan fingerprint density at radius 2 is 2.04 bits per heavy atom. The van der Waals surface area contributed by atoms with Gasteiger partial charge in [0, 0.05) is 10.7 Å². The first-order valence-electron chi connectivity index (χ1n) is 6.49. The predicted octanol–water partition coefficient (Wildman–Crippen LogP) is 3.29. The Labute approximate surface area is 138 Å². The Kier molecular flexibility index (Phi) is 5.64. The minimum Gasteiger partial charge on any atom is -0.490 e. The molecule has 0 N–H and O–H groups in total. The molecule has 0 aliphatic heterocycles. The molecule has 9 heteroatoms. The number of carbonyl (C=O) groups is 1. The Bertz CT molecular complexity index is 673. The number of nitrogens with zero attached hydrogens (tertiary/aromatic N) is 2. The van der Waals surface area contributed by atoms with Crippen molar-refractivity contribution in [1.82, 2.24) is 9.78 Å². The molecule has 0 aliphatic carbocycles. The summed E-state index contributed by atoms with van der Waals surface area (Å²) in [6, 6.07) is 7.93. The summed E-state index contributed by atoms with van der Waals surface area (Å²) in [5, 5.41) is 3.26. The van der Waals surface area contributed by atoms with Crippen molar-refractivity contribution in [2.75, 3.05) is 13.2 Å². The molecule has 2 aromatic rings.